The van der Waals surface area contributed by atoms with E-state index in [1.165, 1.54) is 0 Å². The molecule has 1 rings (SSSR count). The summed E-state index contributed by atoms with van der Waals surface area (Å²) in [5, 5.41) is 9.50. The molecule has 12 heavy (non-hydrogen) atoms. The van der Waals surface area contributed by atoms with Gasteiger partial charge >= 0.3 is 0 Å². The zero-order valence-electron chi connectivity index (χ0n) is 6.90. The minimum absolute atomic E-state index is 0.0761. The monoisotopic (exact) mass is 256 g/mol. The van der Waals surface area contributed by atoms with E-state index in [9.17, 15) is 13.5 Å². The molecule has 0 aliphatic heterocycles. The van der Waals surface area contributed by atoms with Crippen molar-refractivity contribution in [3.05, 3.63) is 0 Å². The highest BCUT2D eigenvalue weighted by atomic mass is 79.9. The van der Waals surface area contributed by atoms with Crippen molar-refractivity contribution in [2.24, 2.45) is 5.92 Å². The van der Waals surface area contributed by atoms with E-state index in [0.717, 1.165) is 12.8 Å². The molecule has 1 saturated carbocycles. The Morgan fingerprint density at radius 1 is 1.58 bits per heavy atom. The Bertz CT molecular complexity index is 245. The molecule has 1 fully saturated rings. The summed E-state index contributed by atoms with van der Waals surface area (Å²) in [4.78, 5) is 0. The van der Waals surface area contributed by atoms with E-state index >= 15 is 0 Å². The molecular weight excluding hydrogens is 244 g/mol. The van der Waals surface area contributed by atoms with Crippen LogP contribution in [0.5, 0.6) is 0 Å². The summed E-state index contributed by atoms with van der Waals surface area (Å²) in [6.07, 6.45) is 1.17. The fraction of sp³-hybridized carbons (Fsp3) is 1.00. The van der Waals surface area contributed by atoms with Crippen molar-refractivity contribution in [3.63, 3.8) is 0 Å². The van der Waals surface area contributed by atoms with Gasteiger partial charge in [0.2, 0.25) is 0 Å². The lowest BCUT2D eigenvalue weighted by Gasteiger charge is -2.15. The van der Waals surface area contributed by atoms with Gasteiger partial charge in [-0.1, -0.05) is 22.9 Å². The second-order valence-corrected chi connectivity index (χ2v) is 7.13. The SMILES string of the molecule is CCS(=O)(=O)[C@H](Br)[C@@H](O)C1CC1. The maximum absolute atomic E-state index is 11.3. The van der Waals surface area contributed by atoms with Crippen LogP contribution in [0.4, 0.5) is 0 Å². The third kappa shape index (κ3) is 2.20. The quantitative estimate of drug-likeness (QED) is 0.762. The van der Waals surface area contributed by atoms with Crippen LogP contribution in [0.15, 0.2) is 0 Å². The smallest absolute Gasteiger partial charge is 0.165 e. The topological polar surface area (TPSA) is 54.4 Å². The Kier molecular flexibility index (Phi) is 3.17. The number of aliphatic hydroxyl groups is 1. The highest BCUT2D eigenvalue weighted by molar-refractivity contribution is 9.11. The first-order valence-corrected chi connectivity index (χ1v) is 6.66. The molecule has 0 aromatic heterocycles. The molecule has 3 nitrogen and oxygen atoms in total. The summed E-state index contributed by atoms with van der Waals surface area (Å²) in [6.45, 7) is 1.59. The van der Waals surface area contributed by atoms with Crippen molar-refractivity contribution in [3.8, 4) is 0 Å². The zero-order chi connectivity index (χ0) is 9.35. The van der Waals surface area contributed by atoms with Gasteiger partial charge in [0.1, 0.15) is 4.16 Å². The average Bonchev–Trinajstić information content (AvgIpc) is 2.84. The predicted molar refractivity (Wildman–Crippen MR) is 50.9 cm³/mol. The van der Waals surface area contributed by atoms with E-state index in [2.05, 4.69) is 15.9 Å². The van der Waals surface area contributed by atoms with E-state index in [0.29, 0.717) is 0 Å². The standard InChI is InChI=1S/C7H13BrO3S/c1-2-12(10,11)7(8)6(9)5-3-4-5/h5-7,9H,2-4H2,1H3/t6-,7-/m0/s1. The molecule has 0 spiro atoms. The minimum atomic E-state index is -3.14. The van der Waals surface area contributed by atoms with Crippen molar-refractivity contribution in [1.82, 2.24) is 0 Å². The third-order valence-electron chi connectivity index (χ3n) is 2.12. The van der Waals surface area contributed by atoms with Gasteiger partial charge in [-0.2, -0.15) is 0 Å². The van der Waals surface area contributed by atoms with Gasteiger partial charge < -0.3 is 5.11 Å². The second kappa shape index (κ2) is 3.64. The highest BCUT2D eigenvalue weighted by Crippen LogP contribution is 2.37. The molecule has 0 aromatic carbocycles. The van der Waals surface area contributed by atoms with Crippen molar-refractivity contribution in [2.45, 2.75) is 30.0 Å². The fourth-order valence-electron chi connectivity index (χ4n) is 1.02. The van der Waals surface area contributed by atoms with E-state index in [1.807, 2.05) is 0 Å². The van der Waals surface area contributed by atoms with Gasteiger partial charge in [-0.05, 0) is 18.8 Å². The van der Waals surface area contributed by atoms with Gasteiger partial charge in [0.05, 0.1) is 6.10 Å². The normalized spacial score (nSPS) is 23.6. The molecule has 0 aromatic rings. The molecule has 0 amide bonds. The van der Waals surface area contributed by atoms with E-state index < -0.39 is 20.1 Å². The molecule has 2 atom stereocenters. The number of halogens is 1. The summed E-state index contributed by atoms with van der Waals surface area (Å²) in [7, 11) is -3.14. The van der Waals surface area contributed by atoms with Crippen LogP contribution in [-0.2, 0) is 9.84 Å². The van der Waals surface area contributed by atoms with E-state index in [1.54, 1.807) is 6.92 Å². The Labute approximate surface area is 81.2 Å². The Hall–Kier alpha value is 0.390. The highest BCUT2D eigenvalue weighted by Gasteiger charge is 2.39. The second-order valence-electron chi connectivity index (χ2n) is 3.13. The number of sulfone groups is 1. The Morgan fingerprint density at radius 2 is 2.08 bits per heavy atom. The fourth-order valence-corrected chi connectivity index (χ4v) is 3.21. The zero-order valence-corrected chi connectivity index (χ0v) is 9.31. The van der Waals surface area contributed by atoms with Crippen molar-refractivity contribution in [1.29, 1.82) is 0 Å². The van der Waals surface area contributed by atoms with Gasteiger partial charge in [-0.3, -0.25) is 0 Å². The lowest BCUT2D eigenvalue weighted by molar-refractivity contribution is 0.167. The summed E-state index contributed by atoms with van der Waals surface area (Å²) in [5.41, 5.74) is 0. The predicted octanol–water partition coefficient (Wildman–Crippen LogP) is 0.913. The van der Waals surface area contributed by atoms with Gasteiger partial charge in [0.25, 0.3) is 0 Å². The van der Waals surface area contributed by atoms with Crippen LogP contribution in [0, 0.1) is 5.92 Å². The molecule has 1 N–H and O–H groups in total. The average molecular weight is 257 g/mol. The van der Waals surface area contributed by atoms with Crippen molar-refractivity contribution < 1.29 is 13.5 Å². The first-order chi connectivity index (χ1) is 5.49. The van der Waals surface area contributed by atoms with Crippen LogP contribution >= 0.6 is 15.9 Å². The number of alkyl halides is 1. The number of rotatable bonds is 4. The van der Waals surface area contributed by atoms with Gasteiger partial charge in [-0.15, -0.1) is 0 Å². The Morgan fingerprint density at radius 3 is 2.42 bits per heavy atom. The van der Waals surface area contributed by atoms with Crippen LogP contribution < -0.4 is 0 Å². The molecular formula is C7H13BrO3S. The largest absolute Gasteiger partial charge is 0.391 e. The van der Waals surface area contributed by atoms with Crippen molar-refractivity contribution in [2.75, 3.05) is 5.75 Å². The van der Waals surface area contributed by atoms with E-state index in [4.69, 9.17) is 0 Å². The van der Waals surface area contributed by atoms with Gasteiger partial charge in [-0.25, -0.2) is 8.42 Å². The van der Waals surface area contributed by atoms with Crippen LogP contribution in [0.2, 0.25) is 0 Å². The van der Waals surface area contributed by atoms with Crippen LogP contribution in [0.1, 0.15) is 19.8 Å². The van der Waals surface area contributed by atoms with Gasteiger partial charge in [0.15, 0.2) is 9.84 Å². The summed E-state index contributed by atoms with van der Waals surface area (Å²) in [5.74, 6) is 0.267. The van der Waals surface area contributed by atoms with Crippen molar-refractivity contribution >= 4 is 25.8 Å². The first kappa shape index (κ1) is 10.5. The summed E-state index contributed by atoms with van der Waals surface area (Å²) < 4.78 is 21.8. The molecule has 1 aliphatic rings. The summed E-state index contributed by atoms with van der Waals surface area (Å²) in [6, 6.07) is 0. The molecule has 1 aliphatic carbocycles. The van der Waals surface area contributed by atoms with Gasteiger partial charge in [0, 0.05) is 5.75 Å². The molecule has 0 saturated heterocycles. The lowest BCUT2D eigenvalue weighted by Crippen LogP contribution is -2.31. The maximum Gasteiger partial charge on any atom is 0.165 e. The molecule has 0 heterocycles. The lowest BCUT2D eigenvalue weighted by atomic mass is 10.3. The molecule has 0 radical (unpaired) electrons. The first-order valence-electron chi connectivity index (χ1n) is 4.02. The number of aliphatic hydroxyl groups excluding tert-OH is 1. The maximum atomic E-state index is 11.3. The van der Waals surface area contributed by atoms with Crippen LogP contribution in [0.25, 0.3) is 0 Å². The number of hydrogen-bond donors (Lipinski definition) is 1. The van der Waals surface area contributed by atoms with Crippen LogP contribution in [-0.4, -0.2) is 29.5 Å². The van der Waals surface area contributed by atoms with Crippen LogP contribution in [0.3, 0.4) is 0 Å². The third-order valence-corrected chi connectivity index (χ3v) is 6.14. The number of hydrogen-bond acceptors (Lipinski definition) is 3. The molecule has 0 unspecified atom stereocenters. The summed E-state index contributed by atoms with van der Waals surface area (Å²) >= 11 is 3.03. The minimum Gasteiger partial charge on any atom is -0.391 e. The molecule has 72 valence electrons. The Balaban J connectivity index is 2.62. The molecule has 0 bridgehead atoms. The molecule has 5 heteroatoms. The van der Waals surface area contributed by atoms with E-state index in [-0.39, 0.29) is 11.7 Å².